The minimum absolute atomic E-state index is 0.930. The van der Waals surface area contributed by atoms with E-state index in [1.165, 1.54) is 76.5 Å². The summed E-state index contributed by atoms with van der Waals surface area (Å²) in [6.45, 7) is 8.42. The normalized spacial score (nSPS) is 12.1. The van der Waals surface area contributed by atoms with E-state index in [1.54, 1.807) is 0 Å². The van der Waals surface area contributed by atoms with E-state index >= 15 is 0 Å². The number of benzene rings is 6. The van der Waals surface area contributed by atoms with Crippen molar-refractivity contribution >= 4 is 43.1 Å². The predicted molar refractivity (Wildman–Crippen MR) is 182 cm³/mol. The van der Waals surface area contributed by atoms with Gasteiger partial charge < -0.3 is 0 Å². The third-order valence-corrected chi connectivity index (χ3v) is 9.56. The van der Waals surface area contributed by atoms with E-state index in [2.05, 4.69) is 133 Å². The van der Waals surface area contributed by atoms with Gasteiger partial charge in [-0.1, -0.05) is 66.7 Å². The summed E-state index contributed by atoms with van der Waals surface area (Å²) in [4.78, 5) is 0. The molecule has 0 aliphatic heterocycles. The molecule has 6 aromatic carbocycles. The van der Waals surface area contributed by atoms with Crippen molar-refractivity contribution in [3.8, 4) is 44.5 Å². The summed E-state index contributed by atoms with van der Waals surface area (Å²) >= 11 is 0. The molecule has 0 amide bonds. The third kappa shape index (κ3) is 3.28. The molecule has 1 aliphatic carbocycles. The van der Waals surface area contributed by atoms with Crippen LogP contribution >= 0.6 is 0 Å². The second-order valence-electron chi connectivity index (χ2n) is 12.1. The van der Waals surface area contributed by atoms with Crippen LogP contribution in [-0.4, -0.2) is 20.4 Å². The first-order valence-electron chi connectivity index (χ1n) is 15.1. The molecule has 4 heteroatoms. The zero-order valence-electron chi connectivity index (χ0n) is 25.0. The summed E-state index contributed by atoms with van der Waals surface area (Å²) in [5, 5.41) is 27.7. The van der Waals surface area contributed by atoms with E-state index in [0.717, 1.165) is 33.6 Å². The molecule has 0 fully saturated rings. The largest absolute Gasteiger partial charge is 0.159 e. The molecule has 2 aromatic heterocycles. The third-order valence-electron chi connectivity index (χ3n) is 9.56. The van der Waals surface area contributed by atoms with E-state index in [1.807, 2.05) is 12.4 Å². The van der Waals surface area contributed by atoms with Gasteiger partial charge in [0.15, 0.2) is 0 Å². The molecule has 0 bridgehead atoms. The van der Waals surface area contributed by atoms with Crippen molar-refractivity contribution in [3.05, 3.63) is 120 Å². The SMILES string of the molecule is Cc1cnnc(C)c1-c1c2ccccc2c(-c2c(C)cnnc2C)c2cc3c(cc12)-c1cccc2c1c-3cc1ccccc12. The van der Waals surface area contributed by atoms with Crippen LogP contribution in [0.4, 0.5) is 0 Å². The molecule has 9 rings (SSSR count). The second kappa shape index (κ2) is 9.01. The lowest BCUT2D eigenvalue weighted by Gasteiger charge is -2.22. The van der Waals surface area contributed by atoms with Crippen molar-refractivity contribution in [1.82, 2.24) is 20.4 Å². The van der Waals surface area contributed by atoms with Crippen molar-refractivity contribution in [2.75, 3.05) is 0 Å². The average molecular weight is 565 g/mol. The van der Waals surface area contributed by atoms with Gasteiger partial charge in [-0.2, -0.15) is 20.4 Å². The topological polar surface area (TPSA) is 51.6 Å². The molecule has 0 atom stereocenters. The lowest BCUT2D eigenvalue weighted by molar-refractivity contribution is 0.970. The molecule has 0 unspecified atom stereocenters. The molecule has 0 radical (unpaired) electrons. The molecule has 1 aliphatic rings. The molecule has 0 saturated heterocycles. The van der Waals surface area contributed by atoms with Crippen LogP contribution in [0.1, 0.15) is 22.5 Å². The highest BCUT2D eigenvalue weighted by atomic mass is 15.1. The summed E-state index contributed by atoms with van der Waals surface area (Å²) < 4.78 is 0. The molecule has 0 spiro atoms. The highest BCUT2D eigenvalue weighted by Gasteiger charge is 2.27. The highest BCUT2D eigenvalue weighted by Crippen LogP contribution is 2.54. The summed E-state index contributed by atoms with van der Waals surface area (Å²) in [6.07, 6.45) is 3.77. The standard InChI is InChI=1S/C40H28N4/c1-21-19-41-43-23(3)36(21)39-28-12-7-8-13-29(28)40(37-22(2)20-42-44-24(37)4)35-18-32-31(17-34(35)39)30-15-9-14-27-26-11-6-5-10-25(26)16-33(32)38(27)30/h5-20H,1-4H3. The van der Waals surface area contributed by atoms with Crippen LogP contribution in [0.15, 0.2) is 97.3 Å². The number of nitrogens with zero attached hydrogens (tertiary/aromatic N) is 4. The molecule has 208 valence electrons. The summed E-state index contributed by atoms with van der Waals surface area (Å²) in [6, 6.07) is 31.5. The minimum atomic E-state index is 0.930. The van der Waals surface area contributed by atoms with Gasteiger partial charge >= 0.3 is 0 Å². The quantitative estimate of drug-likeness (QED) is 0.155. The fraction of sp³-hybridized carbons (Fsp3) is 0.100. The summed E-state index contributed by atoms with van der Waals surface area (Å²) in [5.74, 6) is 0. The van der Waals surface area contributed by atoms with Gasteiger partial charge in [0.05, 0.1) is 23.8 Å². The van der Waals surface area contributed by atoms with Gasteiger partial charge in [-0.05, 0) is 133 Å². The monoisotopic (exact) mass is 564 g/mol. The summed E-state index contributed by atoms with van der Waals surface area (Å²) in [5.41, 5.74) is 13.9. The molecular weight excluding hydrogens is 536 g/mol. The van der Waals surface area contributed by atoms with Gasteiger partial charge in [-0.25, -0.2) is 0 Å². The lowest BCUT2D eigenvalue weighted by Crippen LogP contribution is -2.00. The smallest absolute Gasteiger partial charge is 0.0681 e. The molecule has 0 saturated carbocycles. The molecule has 2 heterocycles. The number of fused-ring (bicyclic) bond motifs is 7. The van der Waals surface area contributed by atoms with Gasteiger partial charge in [0, 0.05) is 11.1 Å². The van der Waals surface area contributed by atoms with Crippen LogP contribution in [-0.2, 0) is 0 Å². The van der Waals surface area contributed by atoms with Crippen molar-refractivity contribution in [3.63, 3.8) is 0 Å². The molecule has 0 N–H and O–H groups in total. The number of hydrogen-bond acceptors (Lipinski definition) is 4. The zero-order valence-corrected chi connectivity index (χ0v) is 25.0. The van der Waals surface area contributed by atoms with E-state index in [-0.39, 0.29) is 0 Å². The van der Waals surface area contributed by atoms with Crippen LogP contribution in [0.2, 0.25) is 0 Å². The maximum absolute atomic E-state index is 4.54. The fourth-order valence-electron chi connectivity index (χ4n) is 7.77. The Morgan fingerprint density at radius 1 is 0.409 bits per heavy atom. The van der Waals surface area contributed by atoms with E-state index in [0.29, 0.717) is 0 Å². The fourth-order valence-corrected chi connectivity index (χ4v) is 7.77. The average Bonchev–Trinajstić information content (AvgIpc) is 3.34. The van der Waals surface area contributed by atoms with Crippen molar-refractivity contribution < 1.29 is 0 Å². The number of rotatable bonds is 2. The van der Waals surface area contributed by atoms with Crippen molar-refractivity contribution in [2.24, 2.45) is 0 Å². The molecular formula is C40H28N4. The Hall–Kier alpha value is -5.48. The number of aryl methyl sites for hydroxylation is 4. The van der Waals surface area contributed by atoms with E-state index in [9.17, 15) is 0 Å². The van der Waals surface area contributed by atoms with Crippen molar-refractivity contribution in [2.45, 2.75) is 27.7 Å². The molecule has 44 heavy (non-hydrogen) atoms. The van der Waals surface area contributed by atoms with Gasteiger partial charge in [-0.15, -0.1) is 0 Å². The Morgan fingerprint density at radius 3 is 1.52 bits per heavy atom. The van der Waals surface area contributed by atoms with Gasteiger partial charge in [0.2, 0.25) is 0 Å². The Morgan fingerprint density at radius 2 is 0.932 bits per heavy atom. The first kappa shape index (κ1) is 25.1. The lowest BCUT2D eigenvalue weighted by atomic mass is 9.82. The Balaban J connectivity index is 1.54. The van der Waals surface area contributed by atoms with Crippen LogP contribution in [0, 0.1) is 27.7 Å². The first-order valence-corrected chi connectivity index (χ1v) is 15.1. The van der Waals surface area contributed by atoms with Gasteiger partial charge in [-0.3, -0.25) is 0 Å². The predicted octanol–water partition coefficient (Wildman–Crippen LogP) is 10.1. The summed E-state index contributed by atoms with van der Waals surface area (Å²) in [7, 11) is 0. The van der Waals surface area contributed by atoms with Crippen LogP contribution in [0.3, 0.4) is 0 Å². The zero-order chi connectivity index (χ0) is 29.7. The molecule has 4 nitrogen and oxygen atoms in total. The van der Waals surface area contributed by atoms with Crippen LogP contribution in [0.5, 0.6) is 0 Å². The Kier molecular flexibility index (Phi) is 5.13. The molecule has 8 aromatic rings. The maximum Gasteiger partial charge on any atom is 0.0681 e. The van der Waals surface area contributed by atoms with Crippen molar-refractivity contribution in [1.29, 1.82) is 0 Å². The van der Waals surface area contributed by atoms with Crippen LogP contribution in [0.25, 0.3) is 87.6 Å². The van der Waals surface area contributed by atoms with Gasteiger partial charge in [0.25, 0.3) is 0 Å². The van der Waals surface area contributed by atoms with E-state index in [4.69, 9.17) is 0 Å². The Labute approximate surface area is 255 Å². The van der Waals surface area contributed by atoms with E-state index < -0.39 is 0 Å². The highest BCUT2D eigenvalue weighted by molar-refractivity contribution is 6.28. The number of hydrogen-bond donors (Lipinski definition) is 0. The minimum Gasteiger partial charge on any atom is -0.159 e. The number of aromatic nitrogens is 4. The maximum atomic E-state index is 4.54. The second-order valence-corrected chi connectivity index (χ2v) is 12.1. The van der Waals surface area contributed by atoms with Crippen LogP contribution < -0.4 is 0 Å². The Bertz CT molecular complexity index is 2500. The van der Waals surface area contributed by atoms with Gasteiger partial charge in [0.1, 0.15) is 0 Å². The first-order chi connectivity index (χ1) is 21.5.